The molecule has 0 N–H and O–H groups in total. The van der Waals surface area contributed by atoms with Gasteiger partial charge >= 0.3 is 5.69 Å². The van der Waals surface area contributed by atoms with Crippen molar-refractivity contribution in [1.82, 2.24) is 9.13 Å². The van der Waals surface area contributed by atoms with Gasteiger partial charge in [-0.3, -0.25) is 14.2 Å². The monoisotopic (exact) mass is 396 g/mol. The Hall–Kier alpha value is -2.79. The van der Waals surface area contributed by atoms with Gasteiger partial charge in [-0.2, -0.15) is 5.26 Å². The second kappa shape index (κ2) is 7.32. The molecule has 0 saturated heterocycles. The molecule has 2 aliphatic rings. The lowest BCUT2D eigenvalue weighted by atomic mass is 10.2. The predicted octanol–water partition coefficient (Wildman–Crippen LogP) is 1.75. The van der Waals surface area contributed by atoms with Crippen LogP contribution in [0.2, 0.25) is 0 Å². The first-order chi connectivity index (χ1) is 13.5. The van der Waals surface area contributed by atoms with Crippen molar-refractivity contribution in [1.29, 1.82) is 5.26 Å². The average molecular weight is 396 g/mol. The van der Waals surface area contributed by atoms with E-state index in [-0.39, 0.29) is 18.0 Å². The maximum absolute atomic E-state index is 13.1. The van der Waals surface area contributed by atoms with Crippen LogP contribution in [0, 0.1) is 11.3 Å². The SMILES string of the molecule is CC1CCN(C(=O)Cn2c(=O)c(C#N)c3n(c2=O)CCC3)c2ccccc2S1. The van der Waals surface area contributed by atoms with Crippen molar-refractivity contribution in [2.75, 3.05) is 11.4 Å². The second-order valence-corrected chi connectivity index (χ2v) is 8.57. The fourth-order valence-corrected chi connectivity index (χ4v) is 4.97. The van der Waals surface area contributed by atoms with Gasteiger partial charge in [0.2, 0.25) is 5.91 Å². The van der Waals surface area contributed by atoms with Crippen LogP contribution in [0.15, 0.2) is 38.8 Å². The molecule has 0 saturated carbocycles. The van der Waals surface area contributed by atoms with Crippen molar-refractivity contribution < 1.29 is 4.79 Å². The number of para-hydroxylation sites is 1. The summed E-state index contributed by atoms with van der Waals surface area (Å²) in [5.41, 5.74) is 0.101. The lowest BCUT2D eigenvalue weighted by molar-refractivity contribution is -0.119. The zero-order valence-electron chi connectivity index (χ0n) is 15.6. The second-order valence-electron chi connectivity index (χ2n) is 7.09. The molecule has 4 rings (SSSR count). The van der Waals surface area contributed by atoms with Crippen molar-refractivity contribution >= 4 is 23.4 Å². The minimum absolute atomic E-state index is 0.0228. The first kappa shape index (κ1) is 18.6. The number of nitrogens with zero attached hydrogens (tertiary/aromatic N) is 4. The highest BCUT2D eigenvalue weighted by molar-refractivity contribution is 8.00. The van der Waals surface area contributed by atoms with E-state index < -0.39 is 11.2 Å². The topological polar surface area (TPSA) is 88.1 Å². The molecule has 2 aliphatic heterocycles. The third-order valence-electron chi connectivity index (χ3n) is 5.28. The van der Waals surface area contributed by atoms with Gasteiger partial charge in [-0.05, 0) is 31.4 Å². The Labute approximate surface area is 166 Å². The number of benzene rings is 1. The van der Waals surface area contributed by atoms with Crippen LogP contribution in [0.4, 0.5) is 5.69 Å². The van der Waals surface area contributed by atoms with E-state index in [1.807, 2.05) is 30.3 Å². The van der Waals surface area contributed by atoms with E-state index in [9.17, 15) is 19.6 Å². The summed E-state index contributed by atoms with van der Waals surface area (Å²) >= 11 is 1.72. The van der Waals surface area contributed by atoms with Gasteiger partial charge in [-0.15, -0.1) is 11.8 Å². The van der Waals surface area contributed by atoms with Crippen molar-refractivity contribution in [3.05, 3.63) is 56.4 Å². The van der Waals surface area contributed by atoms with Crippen molar-refractivity contribution in [2.45, 2.75) is 49.4 Å². The van der Waals surface area contributed by atoms with E-state index in [1.165, 1.54) is 4.57 Å². The molecule has 1 amide bonds. The van der Waals surface area contributed by atoms with E-state index in [2.05, 4.69) is 6.92 Å². The van der Waals surface area contributed by atoms with Gasteiger partial charge in [-0.25, -0.2) is 9.36 Å². The molecular formula is C20H20N4O3S. The van der Waals surface area contributed by atoms with Gasteiger partial charge in [0, 0.05) is 28.9 Å². The van der Waals surface area contributed by atoms with Crippen LogP contribution in [0.5, 0.6) is 0 Å². The molecule has 0 bridgehead atoms. The van der Waals surface area contributed by atoms with Crippen molar-refractivity contribution in [3.63, 3.8) is 0 Å². The summed E-state index contributed by atoms with van der Waals surface area (Å²) in [6, 6.07) is 9.60. The summed E-state index contributed by atoms with van der Waals surface area (Å²) in [7, 11) is 0. The van der Waals surface area contributed by atoms with Gasteiger partial charge in [0.25, 0.3) is 5.56 Å². The quantitative estimate of drug-likeness (QED) is 0.772. The molecule has 0 aliphatic carbocycles. The number of hydrogen-bond acceptors (Lipinski definition) is 5. The first-order valence-corrected chi connectivity index (χ1v) is 10.2. The van der Waals surface area contributed by atoms with Crippen LogP contribution in [0.25, 0.3) is 0 Å². The molecular weight excluding hydrogens is 376 g/mol. The van der Waals surface area contributed by atoms with E-state index >= 15 is 0 Å². The van der Waals surface area contributed by atoms with Crippen LogP contribution in [-0.2, 0) is 24.3 Å². The van der Waals surface area contributed by atoms with Crippen molar-refractivity contribution in [3.8, 4) is 6.07 Å². The molecule has 2 aromatic rings. The minimum Gasteiger partial charge on any atom is -0.310 e. The molecule has 3 heterocycles. The van der Waals surface area contributed by atoms with Crippen LogP contribution in [0.3, 0.4) is 0 Å². The Kier molecular flexibility index (Phi) is 4.85. The standard InChI is InChI=1S/C20H20N4O3S/c1-13-8-10-22(16-5-2-3-7-17(16)28-13)18(25)12-24-19(26)14(11-21)15-6-4-9-23(15)20(24)27/h2-3,5,7,13H,4,6,8-10,12H2,1H3. The zero-order chi connectivity index (χ0) is 19.8. The fraction of sp³-hybridized carbons (Fsp3) is 0.400. The van der Waals surface area contributed by atoms with Crippen molar-refractivity contribution in [2.24, 2.45) is 0 Å². The van der Waals surface area contributed by atoms with Gasteiger partial charge in [0.05, 0.1) is 5.69 Å². The first-order valence-electron chi connectivity index (χ1n) is 9.34. The molecule has 1 atom stereocenters. The Balaban J connectivity index is 1.74. The highest BCUT2D eigenvalue weighted by atomic mass is 32.2. The normalized spacial score (nSPS) is 18.1. The molecule has 0 fully saturated rings. The lowest BCUT2D eigenvalue weighted by Crippen LogP contribution is -2.46. The number of rotatable bonds is 2. The summed E-state index contributed by atoms with van der Waals surface area (Å²) in [5.74, 6) is -0.316. The summed E-state index contributed by atoms with van der Waals surface area (Å²) in [6.07, 6.45) is 2.07. The molecule has 1 unspecified atom stereocenters. The third kappa shape index (κ3) is 3.06. The Bertz CT molecular complexity index is 1110. The highest BCUT2D eigenvalue weighted by Crippen LogP contribution is 2.37. The Morgan fingerprint density at radius 1 is 1.29 bits per heavy atom. The summed E-state index contributed by atoms with van der Waals surface area (Å²) in [6.45, 7) is 2.75. The number of nitriles is 1. The maximum atomic E-state index is 13.1. The van der Waals surface area contributed by atoms with E-state index in [4.69, 9.17) is 0 Å². The summed E-state index contributed by atoms with van der Waals surface area (Å²) in [5, 5.41) is 9.76. The molecule has 7 nitrogen and oxygen atoms in total. The Morgan fingerprint density at radius 3 is 2.86 bits per heavy atom. The van der Waals surface area contributed by atoms with Crippen LogP contribution < -0.4 is 16.1 Å². The number of aromatic nitrogens is 2. The molecule has 8 heteroatoms. The number of amides is 1. The Morgan fingerprint density at radius 2 is 2.07 bits per heavy atom. The summed E-state index contributed by atoms with van der Waals surface area (Å²) in [4.78, 5) is 41.3. The number of anilines is 1. The zero-order valence-corrected chi connectivity index (χ0v) is 16.4. The van der Waals surface area contributed by atoms with Gasteiger partial charge in [-0.1, -0.05) is 19.1 Å². The van der Waals surface area contributed by atoms with E-state index in [0.717, 1.165) is 28.0 Å². The molecule has 144 valence electrons. The lowest BCUT2D eigenvalue weighted by Gasteiger charge is -2.23. The highest BCUT2D eigenvalue weighted by Gasteiger charge is 2.27. The number of hydrogen-bond donors (Lipinski definition) is 0. The molecule has 28 heavy (non-hydrogen) atoms. The van der Waals surface area contributed by atoms with Gasteiger partial charge < -0.3 is 4.90 Å². The van der Waals surface area contributed by atoms with Crippen LogP contribution >= 0.6 is 11.8 Å². The maximum Gasteiger partial charge on any atom is 0.331 e. The van der Waals surface area contributed by atoms with Gasteiger partial charge in [0.15, 0.2) is 0 Å². The van der Waals surface area contributed by atoms with Gasteiger partial charge in [0.1, 0.15) is 18.2 Å². The molecule has 0 spiro atoms. The molecule has 1 aromatic heterocycles. The van der Waals surface area contributed by atoms with Crippen LogP contribution in [-0.4, -0.2) is 26.8 Å². The number of carbonyl (C=O) groups excluding carboxylic acids is 1. The smallest absolute Gasteiger partial charge is 0.310 e. The third-order valence-corrected chi connectivity index (χ3v) is 6.52. The minimum atomic E-state index is -0.667. The fourth-order valence-electron chi connectivity index (χ4n) is 3.85. The molecule has 0 radical (unpaired) electrons. The number of carbonyl (C=O) groups is 1. The predicted molar refractivity (Wildman–Crippen MR) is 107 cm³/mol. The molecule has 1 aromatic carbocycles. The largest absolute Gasteiger partial charge is 0.331 e. The van der Waals surface area contributed by atoms with E-state index in [0.29, 0.717) is 30.5 Å². The van der Waals surface area contributed by atoms with E-state index in [1.54, 1.807) is 16.7 Å². The summed E-state index contributed by atoms with van der Waals surface area (Å²) < 4.78 is 2.38. The number of thioether (sulfide) groups is 1. The number of fused-ring (bicyclic) bond motifs is 2. The average Bonchev–Trinajstić information content (AvgIpc) is 3.09. The van der Waals surface area contributed by atoms with Crippen LogP contribution in [0.1, 0.15) is 31.0 Å².